The van der Waals surface area contributed by atoms with Gasteiger partial charge in [-0.25, -0.2) is 4.99 Å². The average molecular weight is 552 g/mol. The Morgan fingerprint density at radius 2 is 1.97 bits per heavy atom. The Labute approximate surface area is 204 Å². The highest BCUT2D eigenvalue weighted by molar-refractivity contribution is 14.0. The highest BCUT2D eigenvalue weighted by Gasteiger charge is 2.56. The molecule has 3 fully saturated rings. The van der Waals surface area contributed by atoms with Crippen LogP contribution in [0.2, 0.25) is 0 Å². The number of hydrogen-bond donors (Lipinski definition) is 2. The van der Waals surface area contributed by atoms with Crippen molar-refractivity contribution in [2.24, 2.45) is 10.4 Å². The number of guanidine groups is 1. The van der Waals surface area contributed by atoms with Crippen molar-refractivity contribution in [2.75, 3.05) is 66.6 Å². The van der Waals surface area contributed by atoms with E-state index in [1.807, 2.05) is 0 Å². The zero-order valence-corrected chi connectivity index (χ0v) is 21.9. The first-order valence-corrected chi connectivity index (χ1v) is 11.7. The third kappa shape index (κ3) is 7.17. The first-order valence-electron chi connectivity index (χ1n) is 11.7. The molecule has 0 aromatic rings. The van der Waals surface area contributed by atoms with Crippen molar-refractivity contribution in [1.29, 1.82) is 0 Å². The summed E-state index contributed by atoms with van der Waals surface area (Å²) in [4.78, 5) is 20.7. The predicted molar refractivity (Wildman–Crippen MR) is 134 cm³/mol. The lowest BCUT2D eigenvalue weighted by molar-refractivity contribution is -0.127. The van der Waals surface area contributed by atoms with Crippen molar-refractivity contribution in [3.63, 3.8) is 0 Å². The van der Waals surface area contributed by atoms with Crippen molar-refractivity contribution < 1.29 is 14.3 Å². The van der Waals surface area contributed by atoms with Gasteiger partial charge in [0.2, 0.25) is 5.91 Å². The molecule has 0 aromatic carbocycles. The average Bonchev–Trinajstić information content (AvgIpc) is 3.27. The van der Waals surface area contributed by atoms with E-state index >= 15 is 0 Å². The van der Waals surface area contributed by atoms with E-state index in [0.29, 0.717) is 12.1 Å². The summed E-state index contributed by atoms with van der Waals surface area (Å²) in [6.45, 7) is 8.61. The minimum atomic E-state index is 0. The van der Waals surface area contributed by atoms with E-state index in [0.717, 1.165) is 64.8 Å². The number of aliphatic imine (C=N–C) groups is 1. The van der Waals surface area contributed by atoms with E-state index in [1.54, 1.807) is 19.0 Å². The second kappa shape index (κ2) is 13.2. The number of carbonyl (C=O) groups excluding carboxylic acids is 1. The van der Waals surface area contributed by atoms with Crippen LogP contribution in [0.25, 0.3) is 0 Å². The summed E-state index contributed by atoms with van der Waals surface area (Å²) in [6, 6.07) is 0.372. The van der Waals surface area contributed by atoms with Crippen molar-refractivity contribution >= 4 is 35.8 Å². The quantitative estimate of drug-likeness (QED) is 0.197. The molecule has 2 aliphatic carbocycles. The van der Waals surface area contributed by atoms with Crippen molar-refractivity contribution in [2.45, 2.75) is 57.6 Å². The second-order valence-electron chi connectivity index (χ2n) is 9.00. The summed E-state index contributed by atoms with van der Waals surface area (Å²) >= 11 is 0. The molecule has 3 rings (SSSR count). The molecule has 2 atom stereocenters. The molecule has 2 unspecified atom stereocenters. The molecule has 1 aliphatic heterocycles. The smallest absolute Gasteiger partial charge is 0.243 e. The van der Waals surface area contributed by atoms with Gasteiger partial charge in [-0.3, -0.25) is 9.69 Å². The van der Waals surface area contributed by atoms with Gasteiger partial charge in [0.1, 0.15) is 6.54 Å². The summed E-state index contributed by atoms with van der Waals surface area (Å²) < 4.78 is 11.5. The molecule has 3 aliphatic rings. The lowest BCUT2D eigenvalue weighted by Crippen LogP contribution is -2.65. The minimum absolute atomic E-state index is 0. The van der Waals surface area contributed by atoms with Crippen LogP contribution in [0.5, 0.6) is 0 Å². The Bertz CT molecular complexity index is 577. The SMILES string of the molecule is CCOC1CC(NC(=NCC(=O)N(C)C)NCCCN2CCOCC2)C12CCCC2.I. The maximum absolute atomic E-state index is 12.1. The van der Waals surface area contributed by atoms with Crippen LogP contribution in [-0.2, 0) is 14.3 Å². The van der Waals surface area contributed by atoms with Gasteiger partial charge in [-0.05, 0) is 39.2 Å². The standard InChI is InChI=1S/C22H41N5O3.HI/c1-4-30-19-16-18(22(19)8-5-6-9-22)25-21(24-17-20(28)26(2)3)23-10-7-11-27-12-14-29-15-13-27;/h18-19H,4-17H2,1-3H3,(H2,23,24,25);1H. The predicted octanol–water partition coefficient (Wildman–Crippen LogP) is 1.69. The third-order valence-electron chi connectivity index (χ3n) is 6.92. The van der Waals surface area contributed by atoms with Crippen LogP contribution in [0.1, 0.15) is 45.4 Å². The Morgan fingerprint density at radius 1 is 1.26 bits per heavy atom. The molecule has 1 saturated heterocycles. The van der Waals surface area contributed by atoms with E-state index in [4.69, 9.17) is 9.47 Å². The molecule has 2 saturated carbocycles. The molecule has 1 spiro atoms. The minimum Gasteiger partial charge on any atom is -0.379 e. The topological polar surface area (TPSA) is 78.4 Å². The Kier molecular flexibility index (Phi) is 11.3. The summed E-state index contributed by atoms with van der Waals surface area (Å²) in [5.74, 6) is 0.777. The zero-order chi connectivity index (χ0) is 21.4. The number of nitrogens with zero attached hydrogens (tertiary/aromatic N) is 3. The van der Waals surface area contributed by atoms with Gasteiger partial charge >= 0.3 is 0 Å². The lowest BCUT2D eigenvalue weighted by atomic mass is 9.60. The molecule has 0 aromatic heterocycles. The number of morpholine rings is 1. The van der Waals surface area contributed by atoms with Gasteiger partial charge in [-0.1, -0.05) is 12.8 Å². The normalized spacial score (nSPS) is 25.6. The summed E-state index contributed by atoms with van der Waals surface area (Å²) in [7, 11) is 3.54. The Balaban J connectivity index is 0.00000341. The fraction of sp³-hybridized carbons (Fsp3) is 0.909. The molecule has 1 heterocycles. The van der Waals surface area contributed by atoms with E-state index in [-0.39, 0.29) is 41.8 Å². The van der Waals surface area contributed by atoms with Crippen LogP contribution < -0.4 is 10.6 Å². The fourth-order valence-corrected chi connectivity index (χ4v) is 5.03. The van der Waals surface area contributed by atoms with Crippen LogP contribution in [-0.4, -0.2) is 100 Å². The van der Waals surface area contributed by atoms with Crippen LogP contribution >= 0.6 is 24.0 Å². The van der Waals surface area contributed by atoms with E-state index in [1.165, 1.54) is 25.7 Å². The largest absolute Gasteiger partial charge is 0.379 e. The van der Waals surface area contributed by atoms with E-state index in [2.05, 4.69) is 27.4 Å². The maximum atomic E-state index is 12.1. The van der Waals surface area contributed by atoms with Gasteiger partial charge in [-0.2, -0.15) is 0 Å². The number of ether oxygens (including phenoxy) is 2. The first kappa shape index (κ1) is 26.6. The maximum Gasteiger partial charge on any atom is 0.243 e. The molecule has 1 amide bonds. The highest BCUT2D eigenvalue weighted by atomic mass is 127. The molecule has 0 radical (unpaired) electrons. The number of halogens is 1. The third-order valence-corrected chi connectivity index (χ3v) is 6.92. The Hall–Kier alpha value is -0.650. The summed E-state index contributed by atoms with van der Waals surface area (Å²) in [6.07, 6.45) is 7.41. The molecule has 9 heteroatoms. The van der Waals surface area contributed by atoms with Gasteiger partial charge in [-0.15, -0.1) is 24.0 Å². The summed E-state index contributed by atoms with van der Waals surface area (Å²) in [5, 5.41) is 7.14. The van der Waals surface area contributed by atoms with Gasteiger partial charge in [0.05, 0.1) is 19.3 Å². The zero-order valence-electron chi connectivity index (χ0n) is 19.5. The number of rotatable bonds is 9. The van der Waals surface area contributed by atoms with Crippen molar-refractivity contribution in [3.8, 4) is 0 Å². The van der Waals surface area contributed by atoms with Gasteiger partial charge in [0.25, 0.3) is 0 Å². The number of hydrogen-bond acceptors (Lipinski definition) is 5. The number of likely N-dealkylation sites (N-methyl/N-ethyl adjacent to an activating group) is 1. The number of amides is 1. The lowest BCUT2D eigenvalue weighted by Gasteiger charge is -2.54. The molecule has 8 nitrogen and oxygen atoms in total. The molecule has 2 N–H and O–H groups in total. The van der Waals surface area contributed by atoms with Gasteiger partial charge in [0, 0.05) is 51.8 Å². The number of nitrogens with one attached hydrogen (secondary N) is 2. The molecular formula is C22H42IN5O3. The fourth-order valence-electron chi connectivity index (χ4n) is 5.03. The molecule has 31 heavy (non-hydrogen) atoms. The molecular weight excluding hydrogens is 509 g/mol. The van der Waals surface area contributed by atoms with Crippen LogP contribution in [0.4, 0.5) is 0 Å². The number of carbonyl (C=O) groups is 1. The van der Waals surface area contributed by atoms with Crippen molar-refractivity contribution in [3.05, 3.63) is 0 Å². The van der Waals surface area contributed by atoms with Gasteiger partial charge < -0.3 is 25.0 Å². The van der Waals surface area contributed by atoms with Crippen LogP contribution in [0.15, 0.2) is 4.99 Å². The monoisotopic (exact) mass is 551 g/mol. The molecule has 0 bridgehead atoms. The second-order valence-corrected chi connectivity index (χ2v) is 9.00. The van der Waals surface area contributed by atoms with Crippen LogP contribution in [0.3, 0.4) is 0 Å². The van der Waals surface area contributed by atoms with Gasteiger partial charge in [0.15, 0.2) is 5.96 Å². The van der Waals surface area contributed by atoms with Crippen molar-refractivity contribution in [1.82, 2.24) is 20.4 Å². The summed E-state index contributed by atoms with van der Waals surface area (Å²) in [5.41, 5.74) is 0.234. The highest BCUT2D eigenvalue weighted by Crippen LogP contribution is 2.54. The van der Waals surface area contributed by atoms with E-state index in [9.17, 15) is 4.79 Å². The Morgan fingerprint density at radius 3 is 2.61 bits per heavy atom. The van der Waals surface area contributed by atoms with E-state index < -0.39 is 0 Å². The molecule has 180 valence electrons. The first-order chi connectivity index (χ1) is 14.5. The van der Waals surface area contributed by atoms with Crippen LogP contribution in [0, 0.1) is 5.41 Å².